The molecule has 2 nitrogen and oxygen atoms in total. The molecule has 0 aromatic heterocycles. The van der Waals surface area contributed by atoms with Crippen LogP contribution < -0.4 is 21.0 Å². The van der Waals surface area contributed by atoms with Crippen LogP contribution in [0.25, 0.3) is 0 Å². The SMILES string of the molecule is CP(C)C.C[Si](c1ccccc1P(C1CCCCC1)C1CCCCC1)c1ccccc1P(C1CCCCC1)C1CCCCC1.N#N.[Ir]. The Morgan fingerprint density at radius 2 is 0.702 bits per heavy atom. The average Bonchev–Trinajstić information content (AvgIpc) is 3.11. The monoisotopic (exact) mass is 886 g/mol. The third kappa shape index (κ3) is 12.0. The van der Waals surface area contributed by atoms with E-state index in [1.54, 1.807) is 0 Å². The zero-order valence-corrected chi connectivity index (χ0v) is 36.2. The molecule has 0 unspecified atom stereocenters. The number of nitrogens with zero attached hydrogens (tertiary/aromatic N) is 2. The van der Waals surface area contributed by atoms with Crippen molar-refractivity contribution in [2.45, 2.75) is 158 Å². The Morgan fingerprint density at radius 1 is 0.468 bits per heavy atom. The van der Waals surface area contributed by atoms with Crippen LogP contribution in [0.15, 0.2) is 48.5 Å². The van der Waals surface area contributed by atoms with Crippen molar-refractivity contribution >= 4 is 53.5 Å². The summed E-state index contributed by atoms with van der Waals surface area (Å²) >= 11 is 0. The van der Waals surface area contributed by atoms with Crippen LogP contribution >= 0.6 is 23.8 Å². The summed E-state index contributed by atoms with van der Waals surface area (Å²) in [7, 11) is -0.540. The van der Waals surface area contributed by atoms with Gasteiger partial charge in [0.05, 0.1) is 0 Å². The van der Waals surface area contributed by atoms with Crippen molar-refractivity contribution in [1.29, 1.82) is 10.8 Å². The minimum atomic E-state index is -0.812. The molecule has 0 N–H and O–H groups in total. The maximum atomic E-state index is 6.00. The third-order valence-corrected chi connectivity index (χ3v) is 21.1. The average molecular weight is 886 g/mol. The van der Waals surface area contributed by atoms with Gasteiger partial charge in [-0.05, 0) is 115 Å². The van der Waals surface area contributed by atoms with Crippen molar-refractivity contribution in [3.05, 3.63) is 48.5 Å². The van der Waals surface area contributed by atoms with Crippen molar-refractivity contribution in [2.24, 2.45) is 0 Å². The molecule has 0 bridgehead atoms. The van der Waals surface area contributed by atoms with Crippen LogP contribution in [0.2, 0.25) is 6.55 Å². The summed E-state index contributed by atoms with van der Waals surface area (Å²) < 4.78 is 0. The molecular formula is C40H64IrN2P3Si. The second kappa shape index (κ2) is 22.8. The Hall–Kier alpha value is 0.0162. The Bertz CT molecular complexity index is 1030. The molecule has 2 aromatic carbocycles. The van der Waals surface area contributed by atoms with Crippen LogP contribution in [0.1, 0.15) is 128 Å². The number of hydrogen-bond acceptors (Lipinski definition) is 2. The fourth-order valence-electron chi connectivity index (χ4n) is 9.00. The molecule has 4 aliphatic rings. The first-order chi connectivity index (χ1) is 22.5. The fraction of sp³-hybridized carbons (Fsp3) is 0.700. The topological polar surface area (TPSA) is 47.6 Å². The molecule has 4 aliphatic carbocycles. The summed E-state index contributed by atoms with van der Waals surface area (Å²) in [6, 6.07) is 20.1. The zero-order chi connectivity index (χ0) is 32.7. The van der Waals surface area contributed by atoms with E-state index < -0.39 is 8.80 Å². The zero-order valence-electron chi connectivity index (χ0n) is 30.1. The summed E-state index contributed by atoms with van der Waals surface area (Å²) in [4.78, 5) is 0. The van der Waals surface area contributed by atoms with Crippen LogP contribution in [-0.4, -0.2) is 51.4 Å². The maximum absolute atomic E-state index is 6.00. The third-order valence-electron chi connectivity index (χ3n) is 11.0. The molecule has 4 saturated carbocycles. The molecule has 6 rings (SSSR count). The summed E-state index contributed by atoms with van der Waals surface area (Å²) in [5.41, 5.74) is 3.94. The number of hydrogen-bond donors (Lipinski definition) is 0. The van der Waals surface area contributed by atoms with Gasteiger partial charge in [-0.3, -0.25) is 0 Å². The van der Waals surface area contributed by atoms with E-state index in [1.165, 1.54) is 128 Å². The summed E-state index contributed by atoms with van der Waals surface area (Å²) in [6.07, 6.45) is 29.9. The Labute approximate surface area is 308 Å². The Kier molecular flexibility index (Phi) is 20.1. The van der Waals surface area contributed by atoms with E-state index in [0.29, 0.717) is 7.92 Å². The summed E-state index contributed by atoms with van der Waals surface area (Å²) in [5, 5.41) is 19.3. The van der Waals surface area contributed by atoms with Gasteiger partial charge in [-0.1, -0.05) is 148 Å². The number of rotatable bonds is 8. The van der Waals surface area contributed by atoms with E-state index >= 15 is 0 Å². The largest absolute Gasteiger partial charge is 0.119 e. The van der Waals surface area contributed by atoms with Gasteiger partial charge in [0.1, 0.15) is 8.80 Å². The van der Waals surface area contributed by atoms with Crippen LogP contribution in [0, 0.1) is 10.8 Å². The minimum Gasteiger partial charge on any atom is -0.116 e. The first kappa shape index (κ1) is 41.4. The molecule has 0 amide bonds. The van der Waals surface area contributed by atoms with Crippen molar-refractivity contribution < 1.29 is 20.1 Å². The van der Waals surface area contributed by atoms with Gasteiger partial charge in [-0.25, -0.2) is 0 Å². The molecule has 0 aliphatic heterocycles. The molecule has 0 saturated heterocycles. The van der Waals surface area contributed by atoms with E-state index in [2.05, 4.69) is 75.1 Å². The van der Waals surface area contributed by atoms with Crippen molar-refractivity contribution in [1.82, 2.24) is 0 Å². The van der Waals surface area contributed by atoms with E-state index in [0.717, 1.165) is 22.6 Å². The molecule has 0 atom stereocenters. The van der Waals surface area contributed by atoms with Gasteiger partial charge in [0.2, 0.25) is 0 Å². The van der Waals surface area contributed by atoms with E-state index in [4.69, 9.17) is 10.8 Å². The molecular weight excluding hydrogens is 822 g/mol. The Balaban J connectivity index is 0.000000799. The summed E-state index contributed by atoms with van der Waals surface area (Å²) in [5.74, 6) is 0. The minimum absolute atomic E-state index is 0. The van der Waals surface area contributed by atoms with Crippen LogP contribution in [0.5, 0.6) is 0 Å². The van der Waals surface area contributed by atoms with Gasteiger partial charge in [0, 0.05) is 30.9 Å². The molecule has 4 fully saturated rings. The quantitative estimate of drug-likeness (QED) is 0.151. The second-order valence-corrected chi connectivity index (χ2v) is 25.5. The van der Waals surface area contributed by atoms with Gasteiger partial charge in [-0.2, -0.15) is 0 Å². The molecule has 0 spiro atoms. The molecule has 2 aromatic rings. The standard InChI is InChI=1S/C37H55P2Si.C3H9P.Ir.N2/c1-40(36-28-16-14-26-34(36)38(30-18-6-2-7-19-30)31-20-8-3-9-21-31)37-29-17-15-27-35(37)39(32-22-10-4-11-23-32)33-24-12-5-13-25-33;1-4(2)3;;1-2/h14-17,26-33H,2-13,18-25H2,1H3;1-3H3;;. The molecule has 47 heavy (non-hydrogen) atoms. The number of benzene rings is 2. The second-order valence-electron chi connectivity index (χ2n) is 15.0. The normalized spacial score (nSPS) is 20.3. The predicted molar refractivity (Wildman–Crippen MR) is 213 cm³/mol. The maximum Gasteiger partial charge on any atom is 0.119 e. The van der Waals surface area contributed by atoms with Crippen LogP contribution in [-0.2, 0) is 20.1 Å². The van der Waals surface area contributed by atoms with E-state index in [1.807, 2.05) is 21.0 Å². The van der Waals surface area contributed by atoms with Gasteiger partial charge < -0.3 is 0 Å². The van der Waals surface area contributed by atoms with Gasteiger partial charge >= 0.3 is 0 Å². The molecule has 0 heterocycles. The molecule has 262 valence electrons. The van der Waals surface area contributed by atoms with Gasteiger partial charge in [-0.15, -0.1) is 7.92 Å². The molecule has 7 heteroatoms. The molecule has 2 radical (unpaired) electrons. The van der Waals surface area contributed by atoms with Crippen molar-refractivity contribution in [3.8, 4) is 0 Å². The van der Waals surface area contributed by atoms with E-state index in [9.17, 15) is 0 Å². The van der Waals surface area contributed by atoms with Crippen LogP contribution in [0.4, 0.5) is 0 Å². The van der Waals surface area contributed by atoms with E-state index in [-0.39, 0.29) is 35.9 Å². The van der Waals surface area contributed by atoms with Gasteiger partial charge in [0.15, 0.2) is 0 Å². The first-order valence-corrected chi connectivity index (χ1v) is 26.6. The fourth-order valence-corrected chi connectivity index (χ4v) is 20.4. The van der Waals surface area contributed by atoms with Crippen LogP contribution in [0.3, 0.4) is 0 Å². The predicted octanol–water partition coefficient (Wildman–Crippen LogP) is 10.9. The van der Waals surface area contributed by atoms with Crippen molar-refractivity contribution in [3.63, 3.8) is 0 Å². The van der Waals surface area contributed by atoms with Gasteiger partial charge in [0.25, 0.3) is 0 Å². The summed E-state index contributed by atoms with van der Waals surface area (Å²) in [6.45, 7) is 9.40. The smallest absolute Gasteiger partial charge is 0.116 e. The first-order valence-electron chi connectivity index (χ1n) is 18.9. The van der Waals surface area contributed by atoms with Crippen molar-refractivity contribution in [2.75, 3.05) is 20.0 Å². The Morgan fingerprint density at radius 3 is 0.957 bits per heavy atom.